The molecule has 0 aliphatic heterocycles. The summed E-state index contributed by atoms with van der Waals surface area (Å²) in [5, 5.41) is 4.95. The average Bonchev–Trinajstić information content (AvgIpc) is 2.76. The third kappa shape index (κ3) is 2.82. The van der Waals surface area contributed by atoms with Gasteiger partial charge in [0.1, 0.15) is 5.01 Å². The molecule has 2 nitrogen and oxygen atoms in total. The van der Waals surface area contributed by atoms with Crippen LogP contribution < -0.4 is 5.32 Å². The third-order valence-corrected chi connectivity index (χ3v) is 3.62. The molecule has 16 heavy (non-hydrogen) atoms. The maximum absolute atomic E-state index is 5.85. The Morgan fingerprint density at radius 1 is 1.31 bits per heavy atom. The lowest BCUT2D eigenvalue weighted by molar-refractivity contribution is 0.798. The van der Waals surface area contributed by atoms with Crippen molar-refractivity contribution in [1.82, 2.24) is 10.3 Å². The number of thiazole rings is 1. The second-order valence-electron chi connectivity index (χ2n) is 3.49. The van der Waals surface area contributed by atoms with E-state index in [-0.39, 0.29) is 0 Å². The Morgan fingerprint density at radius 2 is 2.06 bits per heavy atom. The minimum atomic E-state index is 0.760. The first kappa shape index (κ1) is 11.6. The molecule has 0 saturated heterocycles. The quantitative estimate of drug-likeness (QED) is 0.904. The van der Waals surface area contributed by atoms with Crippen molar-refractivity contribution in [2.45, 2.75) is 6.42 Å². The lowest BCUT2D eigenvalue weighted by Crippen LogP contribution is -2.09. The van der Waals surface area contributed by atoms with Gasteiger partial charge in [-0.05, 0) is 32.1 Å². The van der Waals surface area contributed by atoms with Crippen LogP contribution in [0.4, 0.5) is 0 Å². The zero-order valence-corrected chi connectivity index (χ0v) is 10.6. The van der Waals surface area contributed by atoms with Crippen LogP contribution in [0, 0.1) is 0 Å². The van der Waals surface area contributed by atoms with Crippen LogP contribution in [-0.4, -0.2) is 18.6 Å². The number of hydrogen-bond donors (Lipinski definition) is 1. The summed E-state index contributed by atoms with van der Waals surface area (Å²) < 4.78 is 0. The van der Waals surface area contributed by atoms with Gasteiger partial charge in [-0.2, -0.15) is 0 Å². The second kappa shape index (κ2) is 5.43. The maximum Gasteiger partial charge on any atom is 0.123 e. The van der Waals surface area contributed by atoms with Crippen molar-refractivity contribution in [3.8, 4) is 10.6 Å². The Hall–Kier alpha value is -0.900. The van der Waals surface area contributed by atoms with Gasteiger partial charge in [0, 0.05) is 21.7 Å². The standard InChI is InChI=1S/C12H13ClN2S/c1-14-7-6-11-8-15-12(16-11)9-2-4-10(13)5-3-9/h2-5,8,14H,6-7H2,1H3. The second-order valence-corrected chi connectivity index (χ2v) is 5.04. The molecule has 0 saturated carbocycles. The third-order valence-electron chi connectivity index (χ3n) is 2.27. The monoisotopic (exact) mass is 252 g/mol. The summed E-state index contributed by atoms with van der Waals surface area (Å²) in [5.74, 6) is 0. The number of hydrogen-bond acceptors (Lipinski definition) is 3. The molecule has 4 heteroatoms. The molecule has 1 N–H and O–H groups in total. The van der Waals surface area contributed by atoms with E-state index in [4.69, 9.17) is 11.6 Å². The van der Waals surface area contributed by atoms with E-state index in [0.29, 0.717) is 0 Å². The van der Waals surface area contributed by atoms with E-state index in [9.17, 15) is 0 Å². The summed E-state index contributed by atoms with van der Waals surface area (Å²) in [6, 6.07) is 7.79. The molecule has 1 heterocycles. The van der Waals surface area contributed by atoms with E-state index in [0.717, 1.165) is 28.6 Å². The first-order valence-corrected chi connectivity index (χ1v) is 6.34. The molecule has 1 aromatic heterocycles. The van der Waals surface area contributed by atoms with Crippen molar-refractivity contribution in [3.05, 3.63) is 40.4 Å². The van der Waals surface area contributed by atoms with Crippen LogP contribution in [0.2, 0.25) is 5.02 Å². The van der Waals surface area contributed by atoms with Gasteiger partial charge in [-0.25, -0.2) is 4.98 Å². The topological polar surface area (TPSA) is 24.9 Å². The average molecular weight is 253 g/mol. The minimum Gasteiger partial charge on any atom is -0.319 e. The van der Waals surface area contributed by atoms with E-state index >= 15 is 0 Å². The normalized spacial score (nSPS) is 10.6. The summed E-state index contributed by atoms with van der Waals surface area (Å²) in [6.07, 6.45) is 2.98. The van der Waals surface area contributed by atoms with Gasteiger partial charge in [0.05, 0.1) is 0 Å². The van der Waals surface area contributed by atoms with Crippen molar-refractivity contribution in [2.75, 3.05) is 13.6 Å². The predicted octanol–water partition coefficient (Wildman–Crippen LogP) is 3.23. The van der Waals surface area contributed by atoms with E-state index in [1.807, 2.05) is 37.5 Å². The Labute approximate surface area is 104 Å². The van der Waals surface area contributed by atoms with Crippen LogP contribution in [0.3, 0.4) is 0 Å². The predicted molar refractivity (Wildman–Crippen MR) is 70.2 cm³/mol. The minimum absolute atomic E-state index is 0.760. The van der Waals surface area contributed by atoms with Crippen LogP contribution in [0.15, 0.2) is 30.5 Å². The van der Waals surface area contributed by atoms with Gasteiger partial charge in [0.25, 0.3) is 0 Å². The molecule has 0 unspecified atom stereocenters. The van der Waals surface area contributed by atoms with E-state index in [1.54, 1.807) is 11.3 Å². The molecular formula is C12H13ClN2S. The fraction of sp³-hybridized carbons (Fsp3) is 0.250. The fourth-order valence-corrected chi connectivity index (χ4v) is 2.44. The van der Waals surface area contributed by atoms with Crippen LogP contribution >= 0.6 is 22.9 Å². The maximum atomic E-state index is 5.85. The highest BCUT2D eigenvalue weighted by Crippen LogP contribution is 2.26. The van der Waals surface area contributed by atoms with Crippen molar-refractivity contribution < 1.29 is 0 Å². The van der Waals surface area contributed by atoms with E-state index < -0.39 is 0 Å². The molecule has 0 aliphatic rings. The molecule has 0 spiro atoms. The van der Waals surface area contributed by atoms with Gasteiger partial charge in [0.2, 0.25) is 0 Å². The van der Waals surface area contributed by atoms with Gasteiger partial charge in [-0.1, -0.05) is 23.7 Å². The van der Waals surface area contributed by atoms with Crippen LogP contribution in [0.5, 0.6) is 0 Å². The van der Waals surface area contributed by atoms with Crippen molar-refractivity contribution in [3.63, 3.8) is 0 Å². The first-order valence-electron chi connectivity index (χ1n) is 5.15. The SMILES string of the molecule is CNCCc1cnc(-c2ccc(Cl)cc2)s1. The number of aromatic nitrogens is 1. The van der Waals surface area contributed by atoms with Crippen LogP contribution in [-0.2, 0) is 6.42 Å². The highest BCUT2D eigenvalue weighted by Gasteiger charge is 2.04. The van der Waals surface area contributed by atoms with Crippen LogP contribution in [0.25, 0.3) is 10.6 Å². The smallest absolute Gasteiger partial charge is 0.123 e. The highest BCUT2D eigenvalue weighted by atomic mass is 35.5. The number of halogens is 1. The molecule has 0 bridgehead atoms. The van der Waals surface area contributed by atoms with Crippen molar-refractivity contribution in [1.29, 1.82) is 0 Å². The molecule has 2 rings (SSSR count). The summed E-state index contributed by atoms with van der Waals surface area (Å²) >= 11 is 7.59. The number of nitrogens with zero attached hydrogens (tertiary/aromatic N) is 1. The molecule has 84 valence electrons. The van der Waals surface area contributed by atoms with Gasteiger partial charge >= 0.3 is 0 Å². The van der Waals surface area contributed by atoms with Crippen molar-refractivity contribution in [2.24, 2.45) is 0 Å². The Balaban J connectivity index is 2.15. The number of rotatable bonds is 4. The molecule has 0 aliphatic carbocycles. The summed E-state index contributed by atoms with van der Waals surface area (Å²) in [5.41, 5.74) is 1.13. The van der Waals surface area contributed by atoms with Gasteiger partial charge in [0.15, 0.2) is 0 Å². The molecule has 0 amide bonds. The molecule has 0 atom stereocenters. The Kier molecular flexibility index (Phi) is 3.93. The van der Waals surface area contributed by atoms with E-state index in [1.165, 1.54) is 4.88 Å². The van der Waals surface area contributed by atoms with Crippen LogP contribution in [0.1, 0.15) is 4.88 Å². The molecule has 1 aromatic carbocycles. The zero-order valence-electron chi connectivity index (χ0n) is 9.03. The number of likely N-dealkylation sites (N-methyl/N-ethyl adjacent to an activating group) is 1. The highest BCUT2D eigenvalue weighted by molar-refractivity contribution is 7.15. The summed E-state index contributed by atoms with van der Waals surface area (Å²) in [6.45, 7) is 0.988. The lowest BCUT2D eigenvalue weighted by Gasteiger charge is -1.96. The molecule has 0 radical (unpaired) electrons. The molecule has 0 fully saturated rings. The Bertz CT molecular complexity index is 450. The summed E-state index contributed by atoms with van der Waals surface area (Å²) in [7, 11) is 1.96. The van der Waals surface area contributed by atoms with Gasteiger partial charge in [-0.3, -0.25) is 0 Å². The van der Waals surface area contributed by atoms with Gasteiger partial charge in [-0.15, -0.1) is 11.3 Å². The van der Waals surface area contributed by atoms with Gasteiger partial charge < -0.3 is 5.32 Å². The van der Waals surface area contributed by atoms with Crippen molar-refractivity contribution >= 4 is 22.9 Å². The first-order chi connectivity index (χ1) is 7.79. The lowest BCUT2D eigenvalue weighted by atomic mass is 10.2. The number of benzene rings is 1. The fourth-order valence-electron chi connectivity index (χ4n) is 1.40. The molecule has 2 aromatic rings. The molecular weight excluding hydrogens is 240 g/mol. The largest absolute Gasteiger partial charge is 0.319 e. The Morgan fingerprint density at radius 3 is 2.75 bits per heavy atom. The zero-order chi connectivity index (χ0) is 11.4. The van der Waals surface area contributed by atoms with E-state index in [2.05, 4.69) is 10.3 Å². The number of nitrogens with one attached hydrogen (secondary N) is 1. The summed E-state index contributed by atoms with van der Waals surface area (Å²) in [4.78, 5) is 5.72.